The van der Waals surface area contributed by atoms with Crippen molar-refractivity contribution in [3.63, 3.8) is 0 Å². The van der Waals surface area contributed by atoms with Crippen molar-refractivity contribution in [3.8, 4) is 0 Å². The molecular weight excluding hydrogens is 520 g/mol. The van der Waals surface area contributed by atoms with Gasteiger partial charge in [-0.1, -0.05) is 7.43 Å². The number of carboxylic acids is 2. The van der Waals surface area contributed by atoms with E-state index < -0.39 is 46.9 Å². The molecule has 3 N–H and O–H groups in total. The molecule has 36 heavy (non-hydrogen) atoms. The van der Waals surface area contributed by atoms with E-state index in [1.807, 2.05) is 0 Å². The number of carbonyl (C=O) groups excluding carboxylic acids is 3. The van der Waals surface area contributed by atoms with Gasteiger partial charge in [0.15, 0.2) is 10.7 Å². The summed E-state index contributed by atoms with van der Waals surface area (Å²) in [6.45, 7) is 11.3. The van der Waals surface area contributed by atoms with E-state index in [0.29, 0.717) is 12.3 Å². The minimum absolute atomic E-state index is 0. The molecule has 0 aromatic rings. The molecule has 2 aliphatic heterocycles. The highest BCUT2D eigenvalue weighted by atomic mass is 32.2. The Morgan fingerprint density at radius 3 is 1.67 bits per heavy atom. The van der Waals surface area contributed by atoms with Gasteiger partial charge in [-0.2, -0.15) is 0 Å². The van der Waals surface area contributed by atoms with Crippen LogP contribution in [0.25, 0.3) is 0 Å². The van der Waals surface area contributed by atoms with E-state index in [-0.39, 0.29) is 12.8 Å². The molecule has 0 radical (unpaired) electrons. The zero-order chi connectivity index (χ0) is 27.4. The highest BCUT2D eigenvalue weighted by Crippen LogP contribution is 2.24. The Hall–Kier alpha value is -2.39. The number of amides is 1. The van der Waals surface area contributed by atoms with Gasteiger partial charge >= 0.3 is 30.3 Å². The monoisotopic (exact) mass is 558 g/mol. The lowest BCUT2D eigenvalue weighted by Crippen LogP contribution is -2.39. The summed E-state index contributed by atoms with van der Waals surface area (Å²) in [6, 6.07) is 0. The van der Waals surface area contributed by atoms with Crippen LogP contribution >= 0.6 is 23.5 Å². The first-order chi connectivity index (χ1) is 16.0. The van der Waals surface area contributed by atoms with Gasteiger partial charge in [-0.05, 0) is 41.5 Å². The van der Waals surface area contributed by atoms with Crippen LogP contribution in [0.2, 0.25) is 0 Å². The summed E-state index contributed by atoms with van der Waals surface area (Å²) in [5.74, 6) is -0.196. The minimum atomic E-state index is -1.06. The Kier molecular flexibility index (Phi) is 16.3. The number of carbonyl (C=O) groups is 5. The van der Waals surface area contributed by atoms with E-state index in [2.05, 4.69) is 14.8 Å². The molecule has 2 unspecified atom stereocenters. The predicted octanol–water partition coefficient (Wildman–Crippen LogP) is 3.46. The fourth-order valence-electron chi connectivity index (χ4n) is 2.17. The Labute approximate surface area is 219 Å². The molecule has 13 nitrogen and oxygen atoms in total. The smallest absolute Gasteiger partial charge is 0.479 e. The quantitative estimate of drug-likeness (QED) is 0.255. The number of hydrogen-bond donors (Lipinski definition) is 3. The molecule has 0 saturated carbocycles. The third-order valence-electron chi connectivity index (χ3n) is 3.40. The van der Waals surface area contributed by atoms with Crippen LogP contribution in [0.5, 0.6) is 0 Å². The van der Waals surface area contributed by atoms with Gasteiger partial charge in [0.2, 0.25) is 0 Å². The molecule has 0 bridgehead atoms. The molecule has 210 valence electrons. The molecule has 0 aliphatic carbocycles. The molecule has 2 saturated heterocycles. The van der Waals surface area contributed by atoms with Crippen LogP contribution < -0.4 is 5.32 Å². The molecule has 2 heterocycles. The van der Waals surface area contributed by atoms with Gasteiger partial charge in [-0.3, -0.25) is 10.2 Å². The van der Waals surface area contributed by atoms with Gasteiger partial charge in [0, 0.05) is 24.6 Å². The molecule has 1 amide bonds. The zero-order valence-electron chi connectivity index (χ0n) is 20.8. The first-order valence-corrected chi connectivity index (χ1v) is 12.5. The molecular formula is C21H38N2O11S2. The normalized spacial score (nSPS) is 18.7. The topological polar surface area (TPSA) is 178 Å². The average Bonchev–Trinajstić information content (AvgIpc) is 3.37. The number of aliphatic carboxylic acids is 2. The fourth-order valence-corrected chi connectivity index (χ4v) is 4.06. The molecule has 2 aliphatic rings. The van der Waals surface area contributed by atoms with Crippen LogP contribution in [0.1, 0.15) is 49.0 Å². The number of nitrogens with zero attached hydrogens (tertiary/aromatic N) is 1. The summed E-state index contributed by atoms with van der Waals surface area (Å²) in [5, 5.41) is 18.7. The highest BCUT2D eigenvalue weighted by Gasteiger charge is 2.35. The Balaban J connectivity index is 0. The molecule has 15 heteroatoms. The molecule has 2 atom stereocenters. The van der Waals surface area contributed by atoms with Gasteiger partial charge in [0.25, 0.3) is 0 Å². The van der Waals surface area contributed by atoms with Crippen LogP contribution in [0.15, 0.2) is 0 Å². The Morgan fingerprint density at radius 2 is 1.36 bits per heavy atom. The number of carboxylic acid groups (broad SMARTS) is 2. The number of methoxy groups -OCH3 is 1. The molecule has 2 fully saturated rings. The second kappa shape index (κ2) is 16.4. The van der Waals surface area contributed by atoms with Gasteiger partial charge in [0.1, 0.15) is 11.2 Å². The average molecular weight is 559 g/mol. The van der Waals surface area contributed by atoms with Crippen LogP contribution in [0.4, 0.5) is 14.4 Å². The lowest BCUT2D eigenvalue weighted by atomic mass is 10.2. The maximum Gasteiger partial charge on any atom is 0.519 e. The summed E-state index contributed by atoms with van der Waals surface area (Å²) in [5.41, 5.74) is -1.39. The standard InChI is InChI=1S/C10H18O5.C6H9NO4S.C4H7NO2S.CH4/c1-9(2,3)14-7(11)13-8(12)15-10(4,5)6;1-11-6(10)7-2-3-12-4(7)5(8)9;6-4(7)3-5-1-2-8-3;/h1-6H3;4H,2-3H2,1H3,(H,8,9);3,5H,1-2H2,(H,6,7);1H4. The fraction of sp³-hybridized carbons (Fsp3) is 0.762. The Morgan fingerprint density at radius 1 is 0.861 bits per heavy atom. The van der Waals surface area contributed by atoms with E-state index in [4.69, 9.17) is 19.7 Å². The summed E-state index contributed by atoms with van der Waals surface area (Å²) in [7, 11) is 1.24. The van der Waals surface area contributed by atoms with Crippen LogP contribution in [-0.4, -0.2) is 99.1 Å². The van der Waals surface area contributed by atoms with E-state index in [1.165, 1.54) is 35.5 Å². The van der Waals surface area contributed by atoms with Gasteiger partial charge in [-0.15, -0.1) is 23.5 Å². The van der Waals surface area contributed by atoms with Crippen molar-refractivity contribution in [1.29, 1.82) is 0 Å². The number of nitrogens with one attached hydrogen (secondary N) is 1. The predicted molar refractivity (Wildman–Crippen MR) is 135 cm³/mol. The summed E-state index contributed by atoms with van der Waals surface area (Å²) in [4.78, 5) is 54.9. The van der Waals surface area contributed by atoms with Crippen molar-refractivity contribution in [2.75, 3.05) is 31.7 Å². The van der Waals surface area contributed by atoms with Gasteiger partial charge in [-0.25, -0.2) is 24.0 Å². The van der Waals surface area contributed by atoms with Crippen LogP contribution in [0, 0.1) is 0 Å². The lowest BCUT2D eigenvalue weighted by molar-refractivity contribution is -0.139. The SMILES string of the molecule is C.CC(C)(C)OC(=O)OC(=O)OC(C)(C)C.COC(=O)N1CCSC1C(=O)O.O=C(O)C1NCCS1. The zero-order valence-corrected chi connectivity index (χ0v) is 22.4. The van der Waals surface area contributed by atoms with Crippen LogP contribution in [-0.2, 0) is 28.5 Å². The van der Waals surface area contributed by atoms with Crippen molar-refractivity contribution < 1.29 is 53.1 Å². The van der Waals surface area contributed by atoms with E-state index in [0.717, 1.165) is 12.3 Å². The Bertz CT molecular complexity index is 719. The number of ether oxygens (including phenoxy) is 4. The molecule has 0 spiro atoms. The van der Waals surface area contributed by atoms with Crippen molar-refractivity contribution in [3.05, 3.63) is 0 Å². The molecule has 0 aromatic heterocycles. The maximum atomic E-state index is 11.0. The van der Waals surface area contributed by atoms with E-state index in [9.17, 15) is 24.0 Å². The minimum Gasteiger partial charge on any atom is -0.479 e. The highest BCUT2D eigenvalue weighted by molar-refractivity contribution is 8.01. The first kappa shape index (κ1) is 35.8. The van der Waals surface area contributed by atoms with E-state index >= 15 is 0 Å². The number of rotatable bonds is 2. The van der Waals surface area contributed by atoms with Gasteiger partial charge in [0.05, 0.1) is 7.11 Å². The number of thioether (sulfide) groups is 2. The largest absolute Gasteiger partial charge is 0.519 e. The van der Waals surface area contributed by atoms with Crippen molar-refractivity contribution in [1.82, 2.24) is 10.2 Å². The first-order valence-electron chi connectivity index (χ1n) is 10.4. The van der Waals surface area contributed by atoms with Gasteiger partial charge < -0.3 is 29.2 Å². The summed E-state index contributed by atoms with van der Waals surface area (Å²) in [6.07, 6.45) is -2.69. The number of hydrogen-bond acceptors (Lipinski definition) is 12. The second-order valence-electron chi connectivity index (χ2n) is 8.80. The van der Waals surface area contributed by atoms with Crippen molar-refractivity contribution >= 4 is 53.9 Å². The molecule has 2 rings (SSSR count). The summed E-state index contributed by atoms with van der Waals surface area (Å²) < 4.78 is 18.2. The van der Waals surface area contributed by atoms with Crippen molar-refractivity contribution in [2.24, 2.45) is 0 Å². The second-order valence-corrected chi connectivity index (χ2v) is 11.2. The summed E-state index contributed by atoms with van der Waals surface area (Å²) >= 11 is 2.67. The lowest BCUT2D eigenvalue weighted by Gasteiger charge is -2.20. The molecule has 0 aromatic carbocycles. The maximum absolute atomic E-state index is 11.0. The third-order valence-corrected chi connectivity index (χ3v) is 5.73. The third kappa shape index (κ3) is 16.3. The van der Waals surface area contributed by atoms with Crippen LogP contribution in [0.3, 0.4) is 0 Å². The van der Waals surface area contributed by atoms with E-state index in [1.54, 1.807) is 41.5 Å². The van der Waals surface area contributed by atoms with Crippen molar-refractivity contribution in [2.45, 2.75) is 70.9 Å².